The van der Waals surface area contributed by atoms with Crippen molar-refractivity contribution in [2.45, 2.75) is 49.5 Å². The molecule has 0 radical (unpaired) electrons. The minimum absolute atomic E-state index is 0. The molecule has 0 N–H and O–H groups in total. The van der Waals surface area contributed by atoms with Crippen LogP contribution in [-0.2, 0) is 0 Å². The average molecular weight is 777 g/mol. The Kier molecular flexibility index (Phi) is 14.6. The molecule has 0 aliphatic carbocycles. The maximum Gasteiger partial charge on any atom is 0.0492 e. The Hall–Kier alpha value is -2.12. The quantitative estimate of drug-likeness (QED) is 0.144. The van der Waals surface area contributed by atoms with E-state index in [1.54, 1.807) is 34.0 Å². The van der Waals surface area contributed by atoms with Crippen molar-refractivity contribution in [2.24, 2.45) is 0 Å². The zero-order chi connectivity index (χ0) is 32.2. The molecule has 0 spiro atoms. The highest BCUT2D eigenvalue weighted by Crippen LogP contribution is 2.32. The van der Waals surface area contributed by atoms with Gasteiger partial charge in [-0.25, -0.2) is 0 Å². The summed E-state index contributed by atoms with van der Waals surface area (Å²) in [5.41, 5.74) is 1.36. The summed E-state index contributed by atoms with van der Waals surface area (Å²) < 4.78 is 5.19. The standard InChI is InChI=1S/C10H9ClS.3C9H7ClS.2CH4/c1-6-7(2)12-10-4-3-8(11)5-9(6)10;1-6-4-7-5-8(10)2-3-9(7)11-6;1-6-4-7-2-3-8(10)5-9(7)11-6;1-6-5-7-8(10)3-2-4-9(7)11-6;;/h3-5H,1-2H3;3*2-5H,1H3;2*1H4. The van der Waals surface area contributed by atoms with Gasteiger partial charge in [0.25, 0.3) is 0 Å². The molecule has 0 bridgehead atoms. The Morgan fingerprint density at radius 1 is 0.426 bits per heavy atom. The minimum atomic E-state index is 0. The summed E-state index contributed by atoms with van der Waals surface area (Å²) in [4.78, 5) is 5.37. The number of hydrogen-bond acceptors (Lipinski definition) is 4. The molecule has 0 fully saturated rings. The van der Waals surface area contributed by atoms with Crippen molar-refractivity contribution in [1.29, 1.82) is 0 Å². The highest BCUT2D eigenvalue weighted by atomic mass is 35.5. The van der Waals surface area contributed by atoms with E-state index in [0.717, 1.165) is 20.1 Å². The van der Waals surface area contributed by atoms with Crippen molar-refractivity contribution < 1.29 is 0 Å². The van der Waals surface area contributed by atoms with Gasteiger partial charge in [0, 0.05) is 63.8 Å². The van der Waals surface area contributed by atoms with Crippen molar-refractivity contribution in [3.05, 3.63) is 136 Å². The predicted octanol–water partition coefficient (Wildman–Crippen LogP) is 17.0. The highest BCUT2D eigenvalue weighted by molar-refractivity contribution is 7.20. The van der Waals surface area contributed by atoms with Gasteiger partial charge in [0.15, 0.2) is 0 Å². The lowest BCUT2D eigenvalue weighted by atomic mass is 10.2. The zero-order valence-electron chi connectivity index (χ0n) is 25.3. The first-order valence-electron chi connectivity index (χ1n) is 14.1. The molecule has 0 atom stereocenters. The maximum absolute atomic E-state index is 5.98. The van der Waals surface area contributed by atoms with Gasteiger partial charge in [0.2, 0.25) is 0 Å². The molecule has 0 aliphatic rings. The Morgan fingerprint density at radius 2 is 0.957 bits per heavy atom. The molecule has 8 rings (SSSR count). The first kappa shape index (κ1) is 39.3. The van der Waals surface area contributed by atoms with Gasteiger partial charge in [-0.3, -0.25) is 0 Å². The number of benzene rings is 4. The van der Waals surface area contributed by atoms with Crippen molar-refractivity contribution in [1.82, 2.24) is 0 Å². The van der Waals surface area contributed by atoms with Gasteiger partial charge in [-0.1, -0.05) is 73.4 Å². The Labute approximate surface area is 315 Å². The third-order valence-corrected chi connectivity index (χ3v) is 12.3. The van der Waals surface area contributed by atoms with E-state index in [-0.39, 0.29) is 14.9 Å². The van der Waals surface area contributed by atoms with Crippen LogP contribution in [-0.4, -0.2) is 0 Å². The molecule has 0 nitrogen and oxygen atoms in total. The van der Waals surface area contributed by atoms with Crippen LogP contribution in [0.2, 0.25) is 20.1 Å². The van der Waals surface area contributed by atoms with Crippen molar-refractivity contribution in [3.8, 4) is 0 Å². The second-order valence-corrected chi connectivity index (χ2v) is 17.3. The summed E-state index contributed by atoms with van der Waals surface area (Å²) in [6.45, 7) is 10.6. The van der Waals surface area contributed by atoms with Crippen LogP contribution in [0.4, 0.5) is 0 Å². The van der Waals surface area contributed by atoms with Gasteiger partial charge < -0.3 is 0 Å². The molecule has 4 heterocycles. The molecule has 8 heteroatoms. The first-order valence-corrected chi connectivity index (χ1v) is 18.9. The monoisotopic (exact) mass is 774 g/mol. The topological polar surface area (TPSA) is 0 Å². The van der Waals surface area contributed by atoms with Gasteiger partial charge in [-0.2, -0.15) is 0 Å². The number of rotatable bonds is 0. The largest absolute Gasteiger partial charge is 0.141 e. The van der Waals surface area contributed by atoms with E-state index in [0.29, 0.717) is 0 Å². The van der Waals surface area contributed by atoms with Crippen LogP contribution < -0.4 is 0 Å². The molecule has 246 valence electrons. The molecule has 0 amide bonds. The second-order valence-electron chi connectivity index (χ2n) is 10.5. The predicted molar refractivity (Wildman–Crippen MR) is 224 cm³/mol. The number of hydrogen-bond donors (Lipinski definition) is 0. The lowest BCUT2D eigenvalue weighted by Crippen LogP contribution is -1.70. The Balaban J connectivity index is 0.000000168. The maximum atomic E-state index is 5.98. The lowest BCUT2D eigenvalue weighted by Gasteiger charge is -1.92. The van der Waals surface area contributed by atoms with E-state index in [1.807, 2.05) is 59.9 Å². The normalized spacial score (nSPS) is 10.3. The molecule has 0 saturated carbocycles. The number of fused-ring (bicyclic) bond motifs is 4. The van der Waals surface area contributed by atoms with Crippen molar-refractivity contribution in [2.75, 3.05) is 0 Å². The molecular formula is C39H38Cl4S4. The summed E-state index contributed by atoms with van der Waals surface area (Å²) in [6.07, 6.45) is 0. The summed E-state index contributed by atoms with van der Waals surface area (Å²) in [5, 5.41) is 8.32. The first-order chi connectivity index (χ1) is 21.5. The van der Waals surface area contributed by atoms with Crippen LogP contribution in [0.3, 0.4) is 0 Å². The van der Waals surface area contributed by atoms with E-state index in [4.69, 9.17) is 46.4 Å². The zero-order valence-corrected chi connectivity index (χ0v) is 31.6. The number of halogens is 4. The number of aryl methyl sites for hydroxylation is 5. The molecule has 4 aromatic heterocycles. The van der Waals surface area contributed by atoms with Gasteiger partial charge in [-0.15, -0.1) is 45.3 Å². The van der Waals surface area contributed by atoms with E-state index in [2.05, 4.69) is 77.1 Å². The fourth-order valence-electron chi connectivity index (χ4n) is 4.75. The second kappa shape index (κ2) is 17.5. The van der Waals surface area contributed by atoms with Crippen LogP contribution in [0, 0.1) is 34.6 Å². The smallest absolute Gasteiger partial charge is 0.0492 e. The molecule has 4 aromatic carbocycles. The Morgan fingerprint density at radius 3 is 1.66 bits per heavy atom. The Bertz CT molecular complexity index is 2150. The van der Waals surface area contributed by atoms with Crippen LogP contribution in [0.15, 0.2) is 91.0 Å². The number of thiophene rings is 4. The van der Waals surface area contributed by atoms with E-state index in [1.165, 1.54) is 65.4 Å². The fourth-order valence-corrected chi connectivity index (χ4v) is 9.50. The van der Waals surface area contributed by atoms with Gasteiger partial charge in [0.05, 0.1) is 0 Å². The fraction of sp³-hybridized carbons (Fsp3) is 0.179. The van der Waals surface area contributed by atoms with Crippen LogP contribution >= 0.6 is 91.8 Å². The molecule has 0 unspecified atom stereocenters. The molecule has 0 saturated heterocycles. The van der Waals surface area contributed by atoms with Gasteiger partial charge in [-0.05, 0) is 135 Å². The van der Waals surface area contributed by atoms with E-state index < -0.39 is 0 Å². The average Bonchev–Trinajstić information content (AvgIpc) is 3.73. The summed E-state index contributed by atoms with van der Waals surface area (Å²) in [7, 11) is 0. The van der Waals surface area contributed by atoms with E-state index in [9.17, 15) is 0 Å². The molecule has 8 aromatic rings. The molecule has 0 aliphatic heterocycles. The third-order valence-electron chi connectivity index (χ3n) is 6.98. The summed E-state index contributed by atoms with van der Waals surface area (Å²) in [6, 6.07) is 30.5. The van der Waals surface area contributed by atoms with Crippen LogP contribution in [0.5, 0.6) is 0 Å². The van der Waals surface area contributed by atoms with E-state index >= 15 is 0 Å². The van der Waals surface area contributed by atoms with Crippen molar-refractivity contribution >= 4 is 132 Å². The highest BCUT2D eigenvalue weighted by Gasteiger charge is 2.04. The SMILES string of the molecule is C.C.Cc1cc2c(Cl)cccc2s1.Cc1cc2cc(Cl)ccc2s1.Cc1cc2ccc(Cl)cc2s1.Cc1sc2ccc(Cl)cc2c1C. The van der Waals surface area contributed by atoms with Gasteiger partial charge in [0.1, 0.15) is 0 Å². The summed E-state index contributed by atoms with van der Waals surface area (Å²) >= 11 is 30.7. The lowest BCUT2D eigenvalue weighted by molar-refractivity contribution is 1.47. The van der Waals surface area contributed by atoms with Crippen LogP contribution in [0.25, 0.3) is 40.3 Å². The molecule has 47 heavy (non-hydrogen) atoms. The van der Waals surface area contributed by atoms with Crippen LogP contribution in [0.1, 0.15) is 39.9 Å². The minimum Gasteiger partial charge on any atom is -0.141 e. The molecular weight excluding hydrogens is 739 g/mol. The third kappa shape index (κ3) is 10.2. The van der Waals surface area contributed by atoms with Crippen molar-refractivity contribution in [3.63, 3.8) is 0 Å². The van der Waals surface area contributed by atoms with Gasteiger partial charge >= 0.3 is 0 Å². The summed E-state index contributed by atoms with van der Waals surface area (Å²) in [5.74, 6) is 0.